The van der Waals surface area contributed by atoms with Gasteiger partial charge in [-0.2, -0.15) is 73.8 Å². The third-order valence-electron chi connectivity index (χ3n) is 13.3. The number of aromatic hydroxyl groups is 3. The van der Waals surface area contributed by atoms with Gasteiger partial charge in [0.2, 0.25) is 5.88 Å². The van der Waals surface area contributed by atoms with Crippen LogP contribution >= 0.6 is 11.6 Å². The van der Waals surface area contributed by atoms with Crippen LogP contribution in [0, 0.1) is 10.1 Å². The molecule has 0 saturated heterocycles. The Labute approximate surface area is 557 Å². The summed E-state index contributed by atoms with van der Waals surface area (Å²) in [6.07, 6.45) is 0. The van der Waals surface area contributed by atoms with Crippen LogP contribution in [0.2, 0.25) is 5.02 Å². The molecule has 0 aliphatic carbocycles. The molecular formula is C50H43ClN12O28S7. The van der Waals surface area contributed by atoms with Crippen molar-refractivity contribution in [2.24, 2.45) is 40.9 Å². The Hall–Kier alpha value is -9.60. The minimum absolute atomic E-state index is 0.0117. The fraction of sp³-hybridized carbons (Fsp3) is 0.160. The number of nitrogens with two attached hydrogens (primary N) is 1. The molecule has 0 atom stereocenters. The molecule has 0 bridgehead atoms. The summed E-state index contributed by atoms with van der Waals surface area (Å²) in [5.41, 5.74) is -2.32. The highest BCUT2D eigenvalue weighted by molar-refractivity contribution is 7.88. The highest BCUT2D eigenvalue weighted by Gasteiger charge is 2.33. The van der Waals surface area contributed by atoms with E-state index < -0.39 is 219 Å². The fourth-order valence-electron chi connectivity index (χ4n) is 8.76. The van der Waals surface area contributed by atoms with E-state index in [0.29, 0.717) is 52.7 Å². The van der Waals surface area contributed by atoms with Gasteiger partial charge in [-0.15, -0.1) is 35.8 Å². The number of non-ortho nitro benzene ring substituents is 1. The molecule has 0 aliphatic rings. The molecule has 0 aliphatic heterocycles. The normalized spacial score (nSPS) is 13.1. The van der Waals surface area contributed by atoms with Crippen LogP contribution in [0.5, 0.6) is 17.4 Å². The summed E-state index contributed by atoms with van der Waals surface area (Å²) in [5, 5.41) is 78.2. The van der Waals surface area contributed by atoms with E-state index in [9.17, 15) is 93.7 Å². The molecule has 7 aromatic carbocycles. The van der Waals surface area contributed by atoms with Crippen LogP contribution in [0.4, 0.5) is 56.9 Å². The van der Waals surface area contributed by atoms with Crippen molar-refractivity contribution in [1.82, 2.24) is 9.78 Å². The third-order valence-corrected chi connectivity index (χ3v) is 22.2. The summed E-state index contributed by atoms with van der Waals surface area (Å²) in [7, 11) is -30.3. The van der Waals surface area contributed by atoms with Crippen LogP contribution in [-0.2, 0) is 118 Å². The predicted octanol–water partition coefficient (Wildman–Crippen LogP) is 8.17. The van der Waals surface area contributed by atoms with Crippen molar-refractivity contribution in [2.45, 2.75) is 41.7 Å². The Morgan fingerprint density at radius 3 is 1.66 bits per heavy atom. The van der Waals surface area contributed by atoms with Crippen LogP contribution < -0.4 is 5.73 Å². The molecule has 6 N–H and O–H groups in total. The lowest BCUT2D eigenvalue weighted by Gasteiger charge is -2.16. The number of nitro groups is 1. The number of nitrogens with zero attached hydrogens (tertiary/aromatic N) is 11. The lowest BCUT2D eigenvalue weighted by molar-refractivity contribution is -0.385. The van der Waals surface area contributed by atoms with Gasteiger partial charge in [0.15, 0.2) is 17.2 Å². The minimum Gasteiger partial charge on any atom is -0.505 e. The van der Waals surface area contributed by atoms with Gasteiger partial charge in [0, 0.05) is 33.9 Å². The highest BCUT2D eigenvalue weighted by Crippen LogP contribution is 2.51. The summed E-state index contributed by atoms with van der Waals surface area (Å²) in [4.78, 5) is 16.3. The van der Waals surface area contributed by atoms with E-state index in [1.54, 1.807) is 0 Å². The molecule has 1 aromatic heterocycles. The molecule has 0 fully saturated rings. The molecule has 0 saturated carbocycles. The van der Waals surface area contributed by atoms with Crippen LogP contribution in [0.15, 0.2) is 155 Å². The number of fused-ring (bicyclic) bond motifs is 2. The molecule has 0 unspecified atom stereocenters. The number of halogens is 1. The average molecular weight is 1520 g/mol. The Kier molecular flexibility index (Phi) is 21.3. The number of benzene rings is 7. The van der Waals surface area contributed by atoms with Crippen LogP contribution in [0.25, 0.3) is 27.2 Å². The summed E-state index contributed by atoms with van der Waals surface area (Å²) in [6, 6.07) is 11.9. The molecule has 8 aromatic rings. The zero-order valence-electron chi connectivity index (χ0n) is 49.9. The second kappa shape index (κ2) is 28.1. The number of azo groups is 4. The van der Waals surface area contributed by atoms with E-state index in [1.807, 2.05) is 0 Å². The zero-order chi connectivity index (χ0) is 72.6. The van der Waals surface area contributed by atoms with Crippen molar-refractivity contribution in [3.63, 3.8) is 0 Å². The van der Waals surface area contributed by atoms with Crippen LogP contribution in [0.3, 0.4) is 0 Å². The topological polar surface area (TPSA) is 587 Å². The van der Waals surface area contributed by atoms with Gasteiger partial charge in [-0.05, 0) is 72.8 Å². The Balaban J connectivity index is 1.28. The van der Waals surface area contributed by atoms with Gasteiger partial charge in [-0.3, -0.25) is 44.6 Å². The molecule has 1 heterocycles. The number of rotatable bonds is 27. The molecule has 98 heavy (non-hydrogen) atoms. The number of carbonyl (C=O) groups is 1. The highest BCUT2D eigenvalue weighted by atomic mass is 35.5. The summed E-state index contributed by atoms with van der Waals surface area (Å²) < 4.78 is 228. The number of nitro benzene ring substituents is 1. The van der Waals surface area contributed by atoms with Crippen molar-refractivity contribution in [3.05, 3.63) is 111 Å². The first-order valence-corrected chi connectivity index (χ1v) is 36.2. The number of nitrogen functional groups attached to an aromatic ring is 1. The van der Waals surface area contributed by atoms with E-state index in [-0.39, 0.29) is 22.7 Å². The average Bonchev–Trinajstić information content (AvgIpc) is 0.904. The smallest absolute Gasteiger partial charge is 0.299 e. The molecular weight excluding hydrogens is 1480 g/mol. The molecule has 0 spiro atoms. The van der Waals surface area contributed by atoms with E-state index in [0.717, 1.165) is 67.4 Å². The summed E-state index contributed by atoms with van der Waals surface area (Å²) >= 11 is 6.57. The first kappa shape index (κ1) is 74.2. The minimum atomic E-state index is -5.23. The predicted molar refractivity (Wildman–Crippen MR) is 333 cm³/mol. The number of carbonyl (C=O) groups excluding carboxylic acids is 1. The summed E-state index contributed by atoms with van der Waals surface area (Å²) in [6.45, 7) is -0.657. The van der Waals surface area contributed by atoms with Gasteiger partial charge in [0.25, 0.3) is 83.0 Å². The van der Waals surface area contributed by atoms with Crippen molar-refractivity contribution >= 4 is 167 Å². The SMILES string of the molecule is COS(=O)(=O)c1ccc(-n2nc(COC=O)c(N=Nc3c(Cl)cc(N=Nc4c(S(=O)(=O)OC)cc5c(S(=O)(=O)OC)c(N=Nc6cc(S(=O)(=O)OC)c7cc(CS(=O)(=O)O)c(N=Nc8ccc([N+](=O)[O-])cc8S(=O)(=O)OC)c(O)c7c6N)ccc5c4O)cc3S(=O)(=O)OC)c2O)cc1. The number of aromatic nitrogens is 2. The second-order valence-electron chi connectivity index (χ2n) is 18.9. The first-order chi connectivity index (χ1) is 45.8. The number of phenolic OH excluding ortho intramolecular Hbond substituents is 2. The second-order valence-corrected chi connectivity index (χ2v) is 30.9. The third kappa shape index (κ3) is 14.9. The Morgan fingerprint density at radius 2 is 1.08 bits per heavy atom. The number of ether oxygens (including phenoxy) is 1. The standard InChI is InChI=1S/C50H43ClN12O28S7/c1-85-93(73,74)28-10-7-26(8-11-28)62-50(67)45(36(61-62)21-91-23-64)59-58-44-32(51)16-25(17-39(44)96(79,80)88-4)53-60-46-40(97(81,82)89-5)19-30-29(47(46)65)12-14-34(49(30)98(83,84)90-6)55-56-35-20-37(94(75,76)86-2)31-15-24(22-92(70,71)72)43(48(66)41(31)42(35)52)57-54-33-13-9-27(63(68)69)18-38(33)95(77,78)87-3/h7-20,23,65-67H,21-22,52H2,1-6H3,(H,70,71,72). The molecule has 0 amide bonds. The molecule has 0 radical (unpaired) electrons. The Bertz CT molecular complexity index is 5640. The van der Waals surface area contributed by atoms with E-state index in [2.05, 4.69) is 54.4 Å². The molecule has 40 nitrogen and oxygen atoms in total. The quantitative estimate of drug-likeness (QED) is 0.00616. The van der Waals surface area contributed by atoms with Gasteiger partial charge in [0.1, 0.15) is 76.7 Å². The molecule has 48 heteroatoms. The number of hydrogen-bond acceptors (Lipinski definition) is 37. The Morgan fingerprint density at radius 1 is 0.551 bits per heavy atom. The van der Waals surface area contributed by atoms with E-state index in [1.165, 1.54) is 12.1 Å². The van der Waals surface area contributed by atoms with Gasteiger partial charge in [-0.25, -0.2) is 0 Å². The van der Waals surface area contributed by atoms with Gasteiger partial charge >= 0.3 is 0 Å². The largest absolute Gasteiger partial charge is 0.505 e. The number of phenols is 2. The van der Waals surface area contributed by atoms with Crippen LogP contribution in [-0.4, -0.2) is 143 Å². The number of anilines is 1. The van der Waals surface area contributed by atoms with Crippen molar-refractivity contribution in [2.75, 3.05) is 48.4 Å². The van der Waals surface area contributed by atoms with E-state index in [4.69, 9.17) is 38.8 Å². The first-order valence-electron chi connectivity index (χ1n) is 25.7. The van der Waals surface area contributed by atoms with Crippen molar-refractivity contribution in [1.29, 1.82) is 0 Å². The molecule has 520 valence electrons. The van der Waals surface area contributed by atoms with E-state index >= 15 is 0 Å². The van der Waals surface area contributed by atoms with Gasteiger partial charge in [0.05, 0.1) is 79.9 Å². The lowest BCUT2D eigenvalue weighted by atomic mass is 10.0. The van der Waals surface area contributed by atoms with Crippen LogP contribution in [0.1, 0.15) is 11.3 Å². The maximum atomic E-state index is 14.0. The van der Waals surface area contributed by atoms with Gasteiger partial charge < -0.3 is 25.8 Å². The monoisotopic (exact) mass is 1520 g/mol. The fourth-order valence-corrected chi connectivity index (χ4v) is 14.6. The maximum Gasteiger partial charge on any atom is 0.299 e. The van der Waals surface area contributed by atoms with Gasteiger partial charge in [-0.1, -0.05) is 11.6 Å². The maximum absolute atomic E-state index is 14.0. The lowest BCUT2D eigenvalue weighted by Crippen LogP contribution is -2.07. The van der Waals surface area contributed by atoms with Crippen molar-refractivity contribution < 1.29 is 118 Å². The number of hydrogen-bond donors (Lipinski definition) is 5. The summed E-state index contributed by atoms with van der Waals surface area (Å²) in [5.74, 6) is -4.76. The molecule has 8 rings (SSSR count). The zero-order valence-corrected chi connectivity index (χ0v) is 56.4. The van der Waals surface area contributed by atoms with Crippen molar-refractivity contribution in [3.8, 4) is 23.1 Å².